The second-order valence-corrected chi connectivity index (χ2v) is 6.97. The number of hydrogen-bond acceptors (Lipinski definition) is 6. The highest BCUT2D eigenvalue weighted by molar-refractivity contribution is 6.28. The first-order valence-corrected chi connectivity index (χ1v) is 9.40. The van der Waals surface area contributed by atoms with Crippen LogP contribution in [0.1, 0.15) is 25.5 Å². The van der Waals surface area contributed by atoms with Gasteiger partial charge in [0, 0.05) is 31.9 Å². The van der Waals surface area contributed by atoms with Crippen LogP contribution in [-0.2, 0) is 6.54 Å². The molecule has 9 heteroatoms. The van der Waals surface area contributed by atoms with Crippen LogP contribution >= 0.6 is 11.6 Å². The highest BCUT2D eigenvalue weighted by atomic mass is 35.5. The van der Waals surface area contributed by atoms with Gasteiger partial charge in [0.05, 0.1) is 12.0 Å². The van der Waals surface area contributed by atoms with Crippen LogP contribution in [0, 0.1) is 0 Å². The van der Waals surface area contributed by atoms with Crippen molar-refractivity contribution in [1.29, 1.82) is 0 Å². The third kappa shape index (κ3) is 3.38. The number of para-hydroxylation sites is 1. The molecule has 0 aliphatic heterocycles. The highest BCUT2D eigenvalue weighted by Gasteiger charge is 2.15. The van der Waals surface area contributed by atoms with Crippen molar-refractivity contribution in [3.63, 3.8) is 0 Å². The third-order valence-corrected chi connectivity index (χ3v) is 4.65. The lowest BCUT2D eigenvalue weighted by Crippen LogP contribution is -2.08. The molecule has 0 spiro atoms. The summed E-state index contributed by atoms with van der Waals surface area (Å²) in [5.74, 6) is 1.42. The van der Waals surface area contributed by atoms with Crippen molar-refractivity contribution in [2.24, 2.45) is 0 Å². The Hall–Kier alpha value is -3.13. The van der Waals surface area contributed by atoms with Crippen LogP contribution in [0.3, 0.4) is 0 Å². The van der Waals surface area contributed by atoms with E-state index in [2.05, 4.69) is 50.6 Å². The molecule has 2 N–H and O–H groups in total. The van der Waals surface area contributed by atoms with Crippen LogP contribution in [0.15, 0.2) is 42.9 Å². The van der Waals surface area contributed by atoms with E-state index in [9.17, 15) is 0 Å². The minimum atomic E-state index is 0.191. The van der Waals surface area contributed by atoms with E-state index < -0.39 is 0 Å². The molecule has 0 aliphatic carbocycles. The van der Waals surface area contributed by atoms with E-state index in [1.54, 1.807) is 6.33 Å². The molecule has 0 atom stereocenters. The summed E-state index contributed by atoms with van der Waals surface area (Å²) in [4.78, 5) is 13.2. The molecule has 0 fully saturated rings. The van der Waals surface area contributed by atoms with E-state index in [1.807, 2.05) is 46.8 Å². The van der Waals surface area contributed by atoms with Crippen molar-refractivity contribution < 1.29 is 0 Å². The minimum Gasteiger partial charge on any atom is -0.372 e. The number of benzene rings is 1. The summed E-state index contributed by atoms with van der Waals surface area (Å²) in [5.41, 5.74) is 3.48. The van der Waals surface area contributed by atoms with Crippen LogP contribution in [0.25, 0.3) is 16.9 Å². The number of aromatic nitrogens is 6. The van der Waals surface area contributed by atoms with Crippen molar-refractivity contribution >= 4 is 34.4 Å². The largest absolute Gasteiger partial charge is 0.372 e. The SMILES string of the molecule is CNc1ccn(-c2ccccc2CNc2nc(Cl)nc3c2ncn3C(C)C)n1. The number of nitrogens with one attached hydrogen (secondary N) is 2. The van der Waals surface area contributed by atoms with Crippen molar-refractivity contribution in [2.45, 2.75) is 26.4 Å². The average Bonchev–Trinajstić information content (AvgIpc) is 3.33. The van der Waals surface area contributed by atoms with E-state index in [1.165, 1.54) is 0 Å². The number of halogens is 1. The second kappa shape index (κ2) is 7.47. The first-order chi connectivity index (χ1) is 13.6. The van der Waals surface area contributed by atoms with Gasteiger partial charge in [-0.25, -0.2) is 9.67 Å². The molecule has 0 saturated heterocycles. The van der Waals surface area contributed by atoms with E-state index >= 15 is 0 Å². The van der Waals surface area contributed by atoms with Gasteiger partial charge in [0.1, 0.15) is 5.82 Å². The lowest BCUT2D eigenvalue weighted by atomic mass is 10.2. The molecule has 4 aromatic rings. The van der Waals surface area contributed by atoms with Gasteiger partial charge in [-0.1, -0.05) is 18.2 Å². The smallest absolute Gasteiger partial charge is 0.226 e. The van der Waals surface area contributed by atoms with E-state index in [4.69, 9.17) is 11.6 Å². The Morgan fingerprint density at radius 1 is 1.14 bits per heavy atom. The van der Waals surface area contributed by atoms with Gasteiger partial charge in [-0.2, -0.15) is 15.1 Å². The standard InChI is InChI=1S/C19H21ClN8/c1-12(2)27-11-23-16-17(24-19(20)25-18(16)27)22-10-13-6-4-5-7-14(13)28-9-8-15(21-3)26-28/h4-9,11-12H,10H2,1-3H3,(H,21,26)(H,22,24,25). The molecule has 0 saturated carbocycles. The Labute approximate surface area is 167 Å². The lowest BCUT2D eigenvalue weighted by molar-refractivity contribution is 0.612. The zero-order chi connectivity index (χ0) is 19.7. The van der Waals surface area contributed by atoms with Crippen LogP contribution in [0.4, 0.5) is 11.6 Å². The normalized spacial score (nSPS) is 11.3. The molecule has 0 unspecified atom stereocenters. The van der Waals surface area contributed by atoms with Gasteiger partial charge in [0.25, 0.3) is 0 Å². The summed E-state index contributed by atoms with van der Waals surface area (Å²) in [6.07, 6.45) is 3.69. The maximum atomic E-state index is 6.16. The molecule has 0 radical (unpaired) electrons. The summed E-state index contributed by atoms with van der Waals surface area (Å²) in [6, 6.07) is 10.2. The summed E-state index contributed by atoms with van der Waals surface area (Å²) in [6.45, 7) is 4.69. The monoisotopic (exact) mass is 396 g/mol. The number of anilines is 2. The Bertz CT molecular complexity index is 1110. The fourth-order valence-corrected chi connectivity index (χ4v) is 3.21. The van der Waals surface area contributed by atoms with Gasteiger partial charge in [0.15, 0.2) is 17.0 Å². The molecule has 3 heterocycles. The summed E-state index contributed by atoms with van der Waals surface area (Å²) in [5, 5.41) is 11.1. The van der Waals surface area contributed by atoms with Crippen molar-refractivity contribution in [2.75, 3.05) is 17.7 Å². The van der Waals surface area contributed by atoms with Crippen LogP contribution < -0.4 is 10.6 Å². The molecule has 0 amide bonds. The molecule has 8 nitrogen and oxygen atoms in total. The molecule has 1 aromatic carbocycles. The predicted octanol–water partition coefficient (Wildman–Crippen LogP) is 3.90. The Morgan fingerprint density at radius 2 is 1.96 bits per heavy atom. The van der Waals surface area contributed by atoms with Gasteiger partial charge in [-0.05, 0) is 37.1 Å². The van der Waals surface area contributed by atoms with Gasteiger partial charge < -0.3 is 15.2 Å². The second-order valence-electron chi connectivity index (χ2n) is 6.64. The predicted molar refractivity (Wildman–Crippen MR) is 111 cm³/mol. The first-order valence-electron chi connectivity index (χ1n) is 9.02. The van der Waals surface area contributed by atoms with Gasteiger partial charge in [0.2, 0.25) is 5.28 Å². The van der Waals surface area contributed by atoms with Crippen LogP contribution in [0.2, 0.25) is 5.28 Å². The highest BCUT2D eigenvalue weighted by Crippen LogP contribution is 2.24. The molecule has 3 aromatic heterocycles. The topological polar surface area (TPSA) is 85.5 Å². The minimum absolute atomic E-state index is 0.191. The van der Waals surface area contributed by atoms with Crippen LogP contribution in [0.5, 0.6) is 0 Å². The van der Waals surface area contributed by atoms with Crippen molar-refractivity contribution in [1.82, 2.24) is 29.3 Å². The zero-order valence-electron chi connectivity index (χ0n) is 15.9. The van der Waals surface area contributed by atoms with Crippen molar-refractivity contribution in [3.8, 4) is 5.69 Å². The Morgan fingerprint density at radius 3 is 2.71 bits per heavy atom. The van der Waals surface area contributed by atoms with E-state index in [-0.39, 0.29) is 11.3 Å². The van der Waals surface area contributed by atoms with E-state index in [0.717, 1.165) is 22.7 Å². The molecular formula is C19H21ClN8. The maximum absolute atomic E-state index is 6.16. The van der Waals surface area contributed by atoms with Gasteiger partial charge in [-0.15, -0.1) is 0 Å². The molecule has 28 heavy (non-hydrogen) atoms. The average molecular weight is 397 g/mol. The molecule has 4 rings (SSSR count). The molecular weight excluding hydrogens is 376 g/mol. The summed E-state index contributed by atoms with van der Waals surface area (Å²) in [7, 11) is 1.85. The lowest BCUT2D eigenvalue weighted by Gasteiger charge is -2.12. The zero-order valence-corrected chi connectivity index (χ0v) is 16.6. The molecule has 144 valence electrons. The van der Waals surface area contributed by atoms with Gasteiger partial charge in [-0.3, -0.25) is 0 Å². The Kier molecular flexibility index (Phi) is 4.87. The maximum Gasteiger partial charge on any atom is 0.226 e. The Balaban J connectivity index is 1.66. The summed E-state index contributed by atoms with van der Waals surface area (Å²) >= 11 is 6.16. The quantitative estimate of drug-likeness (QED) is 0.481. The fraction of sp³-hybridized carbons (Fsp3) is 0.263. The third-order valence-electron chi connectivity index (χ3n) is 4.48. The summed E-state index contributed by atoms with van der Waals surface area (Å²) < 4.78 is 3.82. The fourth-order valence-electron chi connectivity index (χ4n) is 3.05. The van der Waals surface area contributed by atoms with Gasteiger partial charge >= 0.3 is 0 Å². The molecule has 0 aliphatic rings. The van der Waals surface area contributed by atoms with E-state index in [0.29, 0.717) is 17.9 Å². The number of imidazole rings is 1. The number of hydrogen-bond donors (Lipinski definition) is 2. The van der Waals surface area contributed by atoms with Crippen LogP contribution in [-0.4, -0.2) is 36.3 Å². The van der Waals surface area contributed by atoms with Crippen molar-refractivity contribution in [3.05, 3.63) is 53.7 Å². The number of fused-ring (bicyclic) bond motifs is 1. The first kappa shape index (κ1) is 18.2. The molecule has 0 bridgehead atoms. The number of nitrogens with zero attached hydrogens (tertiary/aromatic N) is 6. The number of rotatable bonds is 6.